The van der Waals surface area contributed by atoms with Crippen LogP contribution in [0.3, 0.4) is 0 Å². The minimum atomic E-state index is -0.365. The minimum Gasteiger partial charge on any atom is -0.349 e. The lowest BCUT2D eigenvalue weighted by atomic mass is 9.59. The van der Waals surface area contributed by atoms with Crippen LogP contribution in [0.1, 0.15) is 91.9 Å². The summed E-state index contributed by atoms with van der Waals surface area (Å²) in [4.78, 5) is 0. The van der Waals surface area contributed by atoms with Crippen molar-refractivity contribution < 1.29 is 18.9 Å². The summed E-state index contributed by atoms with van der Waals surface area (Å²) in [7, 11) is 0. The summed E-state index contributed by atoms with van der Waals surface area (Å²) >= 11 is 0. The third-order valence-electron chi connectivity index (χ3n) is 10.5. The molecule has 6 nitrogen and oxygen atoms in total. The van der Waals surface area contributed by atoms with E-state index in [9.17, 15) is 0 Å². The largest absolute Gasteiger partial charge is 0.349 e. The predicted octanol–water partition coefficient (Wildman–Crippen LogP) is 4.59. The summed E-state index contributed by atoms with van der Waals surface area (Å²) < 4.78 is 25.5. The zero-order valence-electron chi connectivity index (χ0n) is 21.8. The van der Waals surface area contributed by atoms with E-state index in [0.29, 0.717) is 30.3 Å². The molecule has 0 aromatic carbocycles. The SMILES string of the molecule is CCC1(CN)COC2(CCC(C(C)(C)C3CCC4(CC3)OCC(CC)(CN)CO4)CC2)OC1. The van der Waals surface area contributed by atoms with E-state index in [4.69, 9.17) is 30.4 Å². The van der Waals surface area contributed by atoms with E-state index in [2.05, 4.69) is 27.7 Å². The van der Waals surface area contributed by atoms with Gasteiger partial charge < -0.3 is 30.4 Å². The molecular weight excluding hydrogens is 416 g/mol. The van der Waals surface area contributed by atoms with E-state index in [1.807, 2.05) is 0 Å². The lowest BCUT2D eigenvalue weighted by molar-refractivity contribution is -0.322. The van der Waals surface area contributed by atoms with Crippen molar-refractivity contribution in [2.24, 2.45) is 39.5 Å². The summed E-state index contributed by atoms with van der Waals surface area (Å²) in [5.74, 6) is 0.686. The molecule has 2 spiro atoms. The summed E-state index contributed by atoms with van der Waals surface area (Å²) in [5, 5.41) is 0. The molecule has 4 aliphatic rings. The average molecular weight is 467 g/mol. The smallest absolute Gasteiger partial charge is 0.168 e. The number of ether oxygens (including phenoxy) is 4. The second-order valence-electron chi connectivity index (χ2n) is 12.5. The topological polar surface area (TPSA) is 89.0 Å². The van der Waals surface area contributed by atoms with Gasteiger partial charge in [0.25, 0.3) is 0 Å². The standard InChI is InChI=1S/C27H50N2O4/c1-5-24(15-28)17-30-26(31-18-24)11-7-21(8-12-26)23(3,4)22-9-13-27(14-10-22)32-19-25(6-2,16-29)20-33-27/h21-22H,5-20,28-29H2,1-4H3. The molecule has 0 aromatic heterocycles. The Balaban J connectivity index is 1.28. The Hall–Kier alpha value is -0.240. The Morgan fingerprint density at radius 3 is 1.18 bits per heavy atom. The average Bonchev–Trinajstić information content (AvgIpc) is 2.86. The zero-order valence-corrected chi connectivity index (χ0v) is 21.8. The molecule has 0 radical (unpaired) electrons. The van der Waals surface area contributed by atoms with Gasteiger partial charge in [0.15, 0.2) is 11.6 Å². The maximum Gasteiger partial charge on any atom is 0.168 e. The Labute approximate surface area is 201 Å². The quantitative estimate of drug-likeness (QED) is 0.595. The van der Waals surface area contributed by atoms with Gasteiger partial charge in [-0.2, -0.15) is 0 Å². The third kappa shape index (κ3) is 4.90. The molecule has 6 heteroatoms. The predicted molar refractivity (Wildman–Crippen MR) is 131 cm³/mol. The molecule has 2 aliphatic heterocycles. The summed E-state index contributed by atoms with van der Waals surface area (Å²) in [6, 6.07) is 0. The fourth-order valence-electron chi connectivity index (χ4n) is 6.75. The zero-order chi connectivity index (χ0) is 23.8. The number of hydrogen-bond acceptors (Lipinski definition) is 6. The molecule has 0 amide bonds. The molecule has 2 heterocycles. The van der Waals surface area contributed by atoms with Crippen LogP contribution in [0.4, 0.5) is 0 Å². The van der Waals surface area contributed by atoms with E-state index >= 15 is 0 Å². The van der Waals surface area contributed by atoms with Crippen LogP contribution in [0, 0.1) is 28.1 Å². The molecule has 33 heavy (non-hydrogen) atoms. The second-order valence-corrected chi connectivity index (χ2v) is 12.5. The first-order chi connectivity index (χ1) is 15.7. The van der Waals surface area contributed by atoms with Crippen molar-refractivity contribution in [2.45, 2.75) is 103 Å². The Kier molecular flexibility index (Phi) is 7.57. The van der Waals surface area contributed by atoms with Crippen LogP contribution >= 0.6 is 0 Å². The van der Waals surface area contributed by atoms with E-state index in [0.717, 1.165) is 65.0 Å². The molecule has 0 atom stereocenters. The molecule has 2 aliphatic carbocycles. The van der Waals surface area contributed by atoms with Crippen molar-refractivity contribution in [2.75, 3.05) is 39.5 Å². The summed E-state index contributed by atoms with van der Waals surface area (Å²) in [5.41, 5.74) is 12.4. The van der Waals surface area contributed by atoms with Gasteiger partial charge in [-0.15, -0.1) is 0 Å². The number of nitrogens with two attached hydrogens (primary N) is 2. The first-order valence-electron chi connectivity index (χ1n) is 13.7. The van der Waals surface area contributed by atoms with Crippen LogP contribution in [0.5, 0.6) is 0 Å². The fraction of sp³-hybridized carbons (Fsp3) is 1.00. The van der Waals surface area contributed by atoms with Gasteiger partial charge in [0.1, 0.15) is 0 Å². The van der Waals surface area contributed by atoms with Gasteiger partial charge in [-0.25, -0.2) is 0 Å². The minimum absolute atomic E-state index is 0.00360. The molecule has 0 bridgehead atoms. The maximum absolute atomic E-state index is 6.38. The van der Waals surface area contributed by atoms with Gasteiger partial charge >= 0.3 is 0 Å². The highest BCUT2D eigenvalue weighted by atomic mass is 16.7. The van der Waals surface area contributed by atoms with Crippen molar-refractivity contribution in [3.63, 3.8) is 0 Å². The highest BCUT2D eigenvalue weighted by molar-refractivity contribution is 4.97. The van der Waals surface area contributed by atoms with Crippen LogP contribution in [0.25, 0.3) is 0 Å². The van der Waals surface area contributed by atoms with E-state index in [-0.39, 0.29) is 22.4 Å². The lowest BCUT2D eigenvalue weighted by Crippen LogP contribution is -2.55. The van der Waals surface area contributed by atoms with E-state index in [1.54, 1.807) is 0 Å². The number of rotatable bonds is 6. The first-order valence-corrected chi connectivity index (χ1v) is 13.7. The molecule has 2 saturated carbocycles. The van der Waals surface area contributed by atoms with Gasteiger partial charge in [-0.1, -0.05) is 27.7 Å². The Morgan fingerprint density at radius 1 is 0.636 bits per heavy atom. The monoisotopic (exact) mass is 466 g/mol. The van der Waals surface area contributed by atoms with E-state index < -0.39 is 0 Å². The van der Waals surface area contributed by atoms with Crippen LogP contribution in [-0.4, -0.2) is 51.1 Å². The maximum atomic E-state index is 6.38. The molecule has 2 saturated heterocycles. The molecule has 4 fully saturated rings. The van der Waals surface area contributed by atoms with Crippen LogP contribution in [-0.2, 0) is 18.9 Å². The van der Waals surface area contributed by atoms with Gasteiger partial charge in [0, 0.05) is 49.6 Å². The summed E-state index contributed by atoms with van der Waals surface area (Å²) in [6.45, 7) is 13.6. The first kappa shape index (κ1) is 25.8. The van der Waals surface area contributed by atoms with Crippen LogP contribution < -0.4 is 11.5 Å². The highest BCUT2D eigenvalue weighted by Crippen LogP contribution is 2.53. The molecule has 4 N–H and O–H groups in total. The van der Waals surface area contributed by atoms with Gasteiger partial charge in [0.2, 0.25) is 0 Å². The Morgan fingerprint density at radius 2 is 0.939 bits per heavy atom. The normalized spacial score (nSPS) is 44.9. The fourth-order valence-corrected chi connectivity index (χ4v) is 6.75. The molecule has 192 valence electrons. The molecule has 0 unspecified atom stereocenters. The van der Waals surface area contributed by atoms with Gasteiger partial charge in [-0.3, -0.25) is 0 Å². The molecule has 4 rings (SSSR count). The van der Waals surface area contributed by atoms with Gasteiger partial charge in [0.05, 0.1) is 26.4 Å². The highest BCUT2D eigenvalue weighted by Gasteiger charge is 2.51. The van der Waals surface area contributed by atoms with Crippen LogP contribution in [0.2, 0.25) is 0 Å². The van der Waals surface area contributed by atoms with Crippen molar-refractivity contribution in [3.8, 4) is 0 Å². The van der Waals surface area contributed by atoms with Crippen molar-refractivity contribution in [3.05, 3.63) is 0 Å². The van der Waals surface area contributed by atoms with E-state index in [1.165, 1.54) is 25.7 Å². The lowest BCUT2D eigenvalue weighted by Gasteiger charge is -2.53. The van der Waals surface area contributed by atoms with Crippen molar-refractivity contribution in [1.29, 1.82) is 0 Å². The van der Waals surface area contributed by atoms with Crippen LogP contribution in [0.15, 0.2) is 0 Å². The Bertz CT molecular complexity index is 565. The number of hydrogen-bond donors (Lipinski definition) is 2. The summed E-state index contributed by atoms with van der Waals surface area (Å²) in [6.07, 6.45) is 10.8. The van der Waals surface area contributed by atoms with Crippen molar-refractivity contribution >= 4 is 0 Å². The molecule has 0 aromatic rings. The molecular formula is C27H50N2O4. The second kappa shape index (κ2) is 9.67. The van der Waals surface area contributed by atoms with Gasteiger partial charge in [-0.05, 0) is 55.8 Å². The third-order valence-corrected chi connectivity index (χ3v) is 10.5. The van der Waals surface area contributed by atoms with Crippen molar-refractivity contribution in [1.82, 2.24) is 0 Å².